The number of ether oxygens (including phenoxy) is 1. The molecule has 0 unspecified atom stereocenters. The largest absolute Gasteiger partial charge is 0.416 e. The highest BCUT2D eigenvalue weighted by atomic mass is 35.5. The van der Waals surface area contributed by atoms with Gasteiger partial charge in [-0.2, -0.15) is 13.2 Å². The van der Waals surface area contributed by atoms with Gasteiger partial charge in [0.15, 0.2) is 5.82 Å². The smallest absolute Gasteiger partial charge is 0.383 e. The van der Waals surface area contributed by atoms with E-state index in [4.69, 9.17) is 16.3 Å². The maximum absolute atomic E-state index is 12.9. The Bertz CT molecular complexity index is 1160. The number of halogens is 4. The standard InChI is InChI=1S/C20H20ClF3N4O3S/c1-12(13-4-3-5-14(10-13)20(22,23)24)25-17(29)11-28-19(30)27(8-9-31-2)18(26-28)15-6-7-16(21)32-15/h3-7,10,12H,8-9,11H2,1-2H3,(H,25,29)/t12-/m0/s1. The number of benzene rings is 1. The predicted octanol–water partition coefficient (Wildman–Crippen LogP) is 3.97. The highest BCUT2D eigenvalue weighted by Gasteiger charge is 2.30. The second kappa shape index (κ2) is 9.88. The molecule has 7 nitrogen and oxygen atoms in total. The van der Waals surface area contributed by atoms with E-state index in [1.807, 2.05) is 0 Å². The molecule has 1 aromatic carbocycles. The molecule has 0 radical (unpaired) electrons. The van der Waals surface area contributed by atoms with Gasteiger partial charge in [0.2, 0.25) is 5.91 Å². The van der Waals surface area contributed by atoms with Gasteiger partial charge in [-0.3, -0.25) is 9.36 Å². The van der Waals surface area contributed by atoms with E-state index in [-0.39, 0.29) is 13.2 Å². The topological polar surface area (TPSA) is 78.2 Å². The first-order valence-corrected chi connectivity index (χ1v) is 10.7. The number of nitrogens with one attached hydrogen (secondary N) is 1. The molecule has 0 aliphatic rings. The van der Waals surface area contributed by atoms with E-state index in [2.05, 4.69) is 10.4 Å². The Morgan fingerprint density at radius 2 is 2.06 bits per heavy atom. The summed E-state index contributed by atoms with van der Waals surface area (Å²) in [5.74, 6) is -0.216. The average molecular weight is 489 g/mol. The van der Waals surface area contributed by atoms with Crippen molar-refractivity contribution in [2.24, 2.45) is 0 Å². The van der Waals surface area contributed by atoms with E-state index in [0.29, 0.717) is 20.6 Å². The van der Waals surface area contributed by atoms with E-state index in [1.165, 1.54) is 35.1 Å². The van der Waals surface area contributed by atoms with Crippen LogP contribution in [0.15, 0.2) is 41.2 Å². The summed E-state index contributed by atoms with van der Waals surface area (Å²) in [7, 11) is 1.50. The summed E-state index contributed by atoms with van der Waals surface area (Å²) in [5.41, 5.74) is -1.02. The summed E-state index contributed by atoms with van der Waals surface area (Å²) in [4.78, 5) is 26.0. The fourth-order valence-electron chi connectivity index (χ4n) is 3.04. The Kier molecular flexibility index (Phi) is 7.42. The Morgan fingerprint density at radius 1 is 1.31 bits per heavy atom. The van der Waals surface area contributed by atoms with Gasteiger partial charge in [-0.15, -0.1) is 16.4 Å². The van der Waals surface area contributed by atoms with Crippen LogP contribution < -0.4 is 11.0 Å². The number of methoxy groups -OCH3 is 1. The van der Waals surface area contributed by atoms with Crippen LogP contribution >= 0.6 is 22.9 Å². The molecule has 32 heavy (non-hydrogen) atoms. The maximum atomic E-state index is 12.9. The average Bonchev–Trinajstić information content (AvgIpc) is 3.29. The van der Waals surface area contributed by atoms with Gasteiger partial charge in [-0.25, -0.2) is 9.48 Å². The van der Waals surface area contributed by atoms with Crippen LogP contribution in [-0.4, -0.2) is 34.0 Å². The van der Waals surface area contributed by atoms with E-state index in [1.54, 1.807) is 19.1 Å². The van der Waals surface area contributed by atoms with Crippen LogP contribution in [0.1, 0.15) is 24.1 Å². The number of carbonyl (C=O) groups is 1. The molecule has 1 amide bonds. The fourth-order valence-corrected chi connectivity index (χ4v) is 4.07. The molecule has 3 aromatic rings. The second-order valence-electron chi connectivity index (χ2n) is 6.92. The minimum absolute atomic E-state index is 0.225. The molecule has 0 bridgehead atoms. The van der Waals surface area contributed by atoms with Crippen molar-refractivity contribution in [1.29, 1.82) is 0 Å². The number of nitrogens with zero attached hydrogens (tertiary/aromatic N) is 3. The number of hydrogen-bond donors (Lipinski definition) is 1. The van der Waals surface area contributed by atoms with E-state index >= 15 is 0 Å². The van der Waals surface area contributed by atoms with Gasteiger partial charge in [-0.05, 0) is 36.8 Å². The molecule has 2 heterocycles. The Labute approximate surface area is 190 Å². The minimum atomic E-state index is -4.48. The zero-order valence-electron chi connectivity index (χ0n) is 17.1. The van der Waals surface area contributed by atoms with Crippen LogP contribution in [0.5, 0.6) is 0 Å². The highest BCUT2D eigenvalue weighted by Crippen LogP contribution is 2.31. The van der Waals surface area contributed by atoms with Gasteiger partial charge in [0.25, 0.3) is 0 Å². The third-order valence-corrected chi connectivity index (χ3v) is 5.85. The van der Waals surface area contributed by atoms with Crippen molar-refractivity contribution >= 4 is 28.8 Å². The molecule has 12 heteroatoms. The number of carbonyl (C=O) groups excluding carboxylic acids is 1. The van der Waals surface area contributed by atoms with Crippen LogP contribution in [0.4, 0.5) is 13.2 Å². The lowest BCUT2D eigenvalue weighted by molar-refractivity contribution is -0.137. The van der Waals surface area contributed by atoms with Crippen molar-refractivity contribution < 1.29 is 22.7 Å². The van der Waals surface area contributed by atoms with Gasteiger partial charge in [0, 0.05) is 7.11 Å². The van der Waals surface area contributed by atoms with Crippen molar-refractivity contribution in [2.75, 3.05) is 13.7 Å². The predicted molar refractivity (Wildman–Crippen MR) is 115 cm³/mol. The van der Waals surface area contributed by atoms with Gasteiger partial charge < -0.3 is 10.1 Å². The van der Waals surface area contributed by atoms with Crippen LogP contribution in [0.25, 0.3) is 10.7 Å². The third-order valence-electron chi connectivity index (χ3n) is 4.62. The lowest BCUT2D eigenvalue weighted by Gasteiger charge is -2.16. The first-order valence-electron chi connectivity index (χ1n) is 9.49. The van der Waals surface area contributed by atoms with E-state index < -0.39 is 35.9 Å². The molecule has 1 N–H and O–H groups in total. The Morgan fingerprint density at radius 3 is 2.69 bits per heavy atom. The van der Waals surface area contributed by atoms with Crippen molar-refractivity contribution in [2.45, 2.75) is 32.2 Å². The number of alkyl halides is 3. The zero-order chi connectivity index (χ0) is 23.5. The first-order chi connectivity index (χ1) is 15.1. The summed E-state index contributed by atoms with van der Waals surface area (Å²) >= 11 is 7.23. The van der Waals surface area contributed by atoms with Gasteiger partial charge in [-0.1, -0.05) is 23.7 Å². The van der Waals surface area contributed by atoms with E-state index in [9.17, 15) is 22.8 Å². The summed E-state index contributed by atoms with van der Waals surface area (Å²) in [5, 5.41) is 6.87. The Hall–Kier alpha value is -2.63. The number of rotatable bonds is 8. The molecular formula is C20H20ClF3N4O3S. The summed E-state index contributed by atoms with van der Waals surface area (Å²) in [6.45, 7) is 1.65. The number of aromatic nitrogens is 3. The molecule has 0 aliphatic carbocycles. The summed E-state index contributed by atoms with van der Waals surface area (Å²) in [6.07, 6.45) is -4.48. The molecule has 0 fully saturated rings. The van der Waals surface area contributed by atoms with Gasteiger partial charge >= 0.3 is 11.9 Å². The molecule has 1 atom stereocenters. The van der Waals surface area contributed by atoms with Crippen LogP contribution in [-0.2, 0) is 28.8 Å². The molecule has 0 saturated heterocycles. The number of thiophene rings is 1. The highest BCUT2D eigenvalue weighted by molar-refractivity contribution is 7.19. The van der Waals surface area contributed by atoms with Crippen molar-refractivity contribution in [3.8, 4) is 10.7 Å². The van der Waals surface area contributed by atoms with Crippen molar-refractivity contribution in [3.63, 3.8) is 0 Å². The third kappa shape index (κ3) is 5.59. The number of hydrogen-bond acceptors (Lipinski definition) is 5. The van der Waals surface area contributed by atoms with Crippen molar-refractivity contribution in [1.82, 2.24) is 19.7 Å². The molecule has 172 valence electrons. The lowest BCUT2D eigenvalue weighted by Crippen LogP contribution is -2.35. The first kappa shape index (κ1) is 24.0. The number of amides is 1. The van der Waals surface area contributed by atoms with Crippen LogP contribution in [0.3, 0.4) is 0 Å². The monoisotopic (exact) mass is 488 g/mol. The maximum Gasteiger partial charge on any atom is 0.416 e. The quantitative estimate of drug-likeness (QED) is 0.520. The summed E-state index contributed by atoms with van der Waals surface area (Å²) < 4.78 is 46.8. The van der Waals surface area contributed by atoms with Crippen LogP contribution in [0.2, 0.25) is 4.34 Å². The minimum Gasteiger partial charge on any atom is -0.383 e. The van der Waals surface area contributed by atoms with Gasteiger partial charge in [0.1, 0.15) is 6.54 Å². The zero-order valence-corrected chi connectivity index (χ0v) is 18.7. The molecule has 2 aromatic heterocycles. The molecular weight excluding hydrogens is 469 g/mol. The second-order valence-corrected chi connectivity index (χ2v) is 8.64. The normalized spacial score (nSPS) is 12.7. The van der Waals surface area contributed by atoms with E-state index in [0.717, 1.165) is 16.8 Å². The van der Waals surface area contributed by atoms with Crippen molar-refractivity contribution in [3.05, 3.63) is 62.3 Å². The Balaban J connectivity index is 1.79. The molecule has 0 saturated carbocycles. The fraction of sp³-hybridized carbons (Fsp3) is 0.350. The molecule has 0 spiro atoms. The van der Waals surface area contributed by atoms with Gasteiger partial charge in [0.05, 0.1) is 34.0 Å². The summed E-state index contributed by atoms with van der Waals surface area (Å²) in [6, 6.07) is 7.41. The van der Waals surface area contributed by atoms with Crippen LogP contribution in [0, 0.1) is 0 Å². The SMILES string of the molecule is COCCn1c(-c2ccc(Cl)s2)nn(CC(=O)N[C@@H](C)c2cccc(C(F)(F)F)c2)c1=O. The molecule has 0 aliphatic heterocycles. The molecule has 3 rings (SSSR count). The lowest BCUT2D eigenvalue weighted by atomic mass is 10.0.